The molecule has 19 heavy (non-hydrogen) atoms. The van der Waals surface area contributed by atoms with E-state index in [-0.39, 0.29) is 5.82 Å². The molecule has 3 rings (SSSR count). The van der Waals surface area contributed by atoms with Gasteiger partial charge < -0.3 is 5.11 Å². The molecule has 0 aliphatic rings. The Morgan fingerprint density at radius 2 is 1.84 bits per heavy atom. The summed E-state index contributed by atoms with van der Waals surface area (Å²) in [6, 6.07) is 15.4. The first kappa shape index (κ1) is 11.9. The highest BCUT2D eigenvalue weighted by molar-refractivity contribution is 9.08. The van der Waals surface area contributed by atoms with E-state index < -0.39 is 5.97 Å². The summed E-state index contributed by atoms with van der Waals surface area (Å²) in [5.74, 6) is -1.09. The van der Waals surface area contributed by atoms with Crippen molar-refractivity contribution < 1.29 is 9.90 Å². The Morgan fingerprint density at radius 1 is 1.11 bits per heavy atom. The van der Waals surface area contributed by atoms with Gasteiger partial charge in [-0.15, -0.1) is 0 Å². The molecule has 0 aliphatic carbocycles. The van der Waals surface area contributed by atoms with Gasteiger partial charge >= 0.3 is 5.97 Å². The minimum Gasteiger partial charge on any atom is -0.475 e. The topological polar surface area (TPSA) is 55.1 Å². The minimum atomic E-state index is -1.06. The number of halogens is 1. The molecular weight excluding hydrogens is 308 g/mol. The number of carbonyl (C=O) groups is 1. The zero-order chi connectivity index (χ0) is 13.4. The highest BCUT2D eigenvalue weighted by atomic mass is 79.9. The fourth-order valence-corrected chi connectivity index (χ4v) is 2.68. The van der Waals surface area contributed by atoms with E-state index in [1.54, 1.807) is 6.07 Å². The molecule has 3 aromatic rings. The average molecular weight is 317 g/mol. The van der Waals surface area contributed by atoms with Gasteiger partial charge in [-0.25, -0.2) is 9.78 Å². The van der Waals surface area contributed by atoms with Crippen LogP contribution in [-0.4, -0.2) is 19.7 Å². The molecule has 0 fully saturated rings. The summed E-state index contributed by atoms with van der Waals surface area (Å²) in [4.78, 5) is 15.2. The lowest BCUT2D eigenvalue weighted by molar-refractivity contribution is 0.0684. The fourth-order valence-electron chi connectivity index (χ4n) is 2.07. The number of fused-ring (bicyclic) bond motifs is 1. The van der Waals surface area contributed by atoms with Crippen LogP contribution >= 0.6 is 16.1 Å². The van der Waals surface area contributed by atoms with E-state index in [1.807, 2.05) is 42.5 Å². The summed E-state index contributed by atoms with van der Waals surface area (Å²) in [5.41, 5.74) is 3.36. The number of aromatic nitrogens is 2. The van der Waals surface area contributed by atoms with Gasteiger partial charge in [-0.05, 0) is 11.6 Å². The maximum Gasteiger partial charge on any atom is 0.373 e. The zero-order valence-electron chi connectivity index (χ0n) is 9.75. The Morgan fingerprint density at radius 3 is 2.53 bits per heavy atom. The summed E-state index contributed by atoms with van der Waals surface area (Å²) in [7, 11) is 0. The summed E-state index contributed by atoms with van der Waals surface area (Å²) < 4.78 is 1.44. The SMILES string of the molecule is O=C(O)c1nc2cccc(-c3ccccc3)c2n1Br. The third-order valence-corrected chi connectivity index (χ3v) is 3.59. The van der Waals surface area contributed by atoms with Gasteiger partial charge in [0.15, 0.2) is 0 Å². The van der Waals surface area contributed by atoms with Gasteiger partial charge in [0.1, 0.15) is 0 Å². The summed E-state index contributed by atoms with van der Waals surface area (Å²) in [6.45, 7) is 0. The first-order chi connectivity index (χ1) is 9.18. The van der Waals surface area contributed by atoms with E-state index in [4.69, 9.17) is 5.11 Å². The lowest BCUT2D eigenvalue weighted by Crippen LogP contribution is -2.02. The monoisotopic (exact) mass is 316 g/mol. The second-order valence-electron chi connectivity index (χ2n) is 4.06. The maximum absolute atomic E-state index is 11.1. The Balaban J connectivity index is 2.35. The average Bonchev–Trinajstić information content (AvgIpc) is 2.78. The van der Waals surface area contributed by atoms with Gasteiger partial charge in [0.2, 0.25) is 5.82 Å². The highest BCUT2D eigenvalue weighted by Gasteiger charge is 2.17. The molecule has 1 heterocycles. The third kappa shape index (κ3) is 1.92. The maximum atomic E-state index is 11.1. The highest BCUT2D eigenvalue weighted by Crippen LogP contribution is 2.30. The second kappa shape index (κ2) is 4.51. The quantitative estimate of drug-likeness (QED) is 0.786. The summed E-state index contributed by atoms with van der Waals surface area (Å²) >= 11 is 3.27. The van der Waals surface area contributed by atoms with Crippen molar-refractivity contribution >= 4 is 33.1 Å². The molecule has 0 saturated heterocycles. The molecule has 0 saturated carbocycles. The van der Waals surface area contributed by atoms with Gasteiger partial charge in [-0.1, -0.05) is 42.5 Å². The van der Waals surface area contributed by atoms with Crippen molar-refractivity contribution in [3.63, 3.8) is 0 Å². The predicted octanol–water partition coefficient (Wildman–Crippen LogP) is 3.56. The van der Waals surface area contributed by atoms with Gasteiger partial charge in [0.05, 0.1) is 27.2 Å². The molecule has 1 N–H and O–H groups in total. The van der Waals surface area contributed by atoms with Crippen LogP contribution in [-0.2, 0) is 0 Å². The van der Waals surface area contributed by atoms with Crippen LogP contribution in [0.5, 0.6) is 0 Å². The van der Waals surface area contributed by atoms with Crippen LogP contribution in [0, 0.1) is 0 Å². The standard InChI is InChI=1S/C14H9BrN2O2/c15-17-12-10(9-5-2-1-3-6-9)7-4-8-11(12)16-13(17)14(18)19/h1-8H,(H,18,19). The summed E-state index contributed by atoms with van der Waals surface area (Å²) in [6.07, 6.45) is 0. The summed E-state index contributed by atoms with van der Waals surface area (Å²) in [5, 5.41) is 9.11. The molecule has 0 aliphatic heterocycles. The predicted molar refractivity (Wildman–Crippen MR) is 76.5 cm³/mol. The smallest absolute Gasteiger partial charge is 0.373 e. The van der Waals surface area contributed by atoms with Crippen LogP contribution in [0.15, 0.2) is 48.5 Å². The molecule has 0 radical (unpaired) electrons. The molecule has 0 unspecified atom stereocenters. The number of imidazole rings is 1. The van der Waals surface area contributed by atoms with Crippen molar-refractivity contribution in [2.24, 2.45) is 0 Å². The normalized spacial score (nSPS) is 10.8. The number of hydrogen-bond donors (Lipinski definition) is 1. The van der Waals surface area contributed by atoms with Crippen molar-refractivity contribution in [2.45, 2.75) is 0 Å². The molecular formula is C14H9BrN2O2. The van der Waals surface area contributed by atoms with Crippen LogP contribution in [0.4, 0.5) is 0 Å². The Bertz CT molecular complexity index is 766. The Kier molecular flexibility index (Phi) is 2.83. The lowest BCUT2D eigenvalue weighted by Gasteiger charge is -2.04. The molecule has 0 spiro atoms. The molecule has 94 valence electrons. The number of aromatic carboxylic acids is 1. The number of para-hydroxylation sites is 1. The molecule has 0 amide bonds. The fraction of sp³-hybridized carbons (Fsp3) is 0. The number of nitrogens with zero attached hydrogens (tertiary/aromatic N) is 2. The lowest BCUT2D eigenvalue weighted by atomic mass is 10.0. The molecule has 0 bridgehead atoms. The molecule has 5 heteroatoms. The number of rotatable bonds is 2. The molecule has 4 nitrogen and oxygen atoms in total. The second-order valence-corrected chi connectivity index (χ2v) is 4.77. The number of hydrogen-bond acceptors (Lipinski definition) is 2. The first-order valence-electron chi connectivity index (χ1n) is 5.65. The first-order valence-corrected chi connectivity index (χ1v) is 6.36. The van der Waals surface area contributed by atoms with Crippen LogP contribution < -0.4 is 0 Å². The van der Waals surface area contributed by atoms with Crippen molar-refractivity contribution in [1.29, 1.82) is 0 Å². The van der Waals surface area contributed by atoms with Crippen LogP contribution in [0.1, 0.15) is 10.6 Å². The van der Waals surface area contributed by atoms with E-state index in [9.17, 15) is 4.79 Å². The largest absolute Gasteiger partial charge is 0.475 e. The van der Waals surface area contributed by atoms with E-state index in [2.05, 4.69) is 21.1 Å². The minimum absolute atomic E-state index is 0.0293. The Labute approximate surface area is 117 Å². The van der Waals surface area contributed by atoms with Crippen molar-refractivity contribution in [1.82, 2.24) is 8.58 Å². The van der Waals surface area contributed by atoms with Gasteiger partial charge in [-0.2, -0.15) is 0 Å². The van der Waals surface area contributed by atoms with Crippen molar-refractivity contribution in [3.05, 3.63) is 54.4 Å². The van der Waals surface area contributed by atoms with Crippen LogP contribution in [0.2, 0.25) is 0 Å². The molecule has 0 atom stereocenters. The van der Waals surface area contributed by atoms with Gasteiger partial charge in [-0.3, -0.25) is 3.59 Å². The number of carboxylic acid groups (broad SMARTS) is 1. The van der Waals surface area contributed by atoms with E-state index in [0.29, 0.717) is 5.52 Å². The van der Waals surface area contributed by atoms with Gasteiger partial charge in [0, 0.05) is 5.56 Å². The Hall–Kier alpha value is -2.14. The van der Waals surface area contributed by atoms with Crippen molar-refractivity contribution in [2.75, 3.05) is 0 Å². The van der Waals surface area contributed by atoms with E-state index >= 15 is 0 Å². The number of carboxylic acids is 1. The molecule has 2 aromatic carbocycles. The zero-order valence-corrected chi connectivity index (χ0v) is 11.3. The van der Waals surface area contributed by atoms with Gasteiger partial charge in [0.25, 0.3) is 0 Å². The molecule has 1 aromatic heterocycles. The number of benzene rings is 2. The van der Waals surface area contributed by atoms with Crippen molar-refractivity contribution in [3.8, 4) is 11.1 Å². The van der Waals surface area contributed by atoms with Crippen LogP contribution in [0.3, 0.4) is 0 Å². The third-order valence-electron chi connectivity index (χ3n) is 2.90. The van der Waals surface area contributed by atoms with E-state index in [0.717, 1.165) is 16.6 Å². The van der Waals surface area contributed by atoms with E-state index in [1.165, 1.54) is 3.59 Å². The van der Waals surface area contributed by atoms with Crippen LogP contribution in [0.25, 0.3) is 22.2 Å².